The van der Waals surface area contributed by atoms with Gasteiger partial charge in [0.25, 0.3) is 5.91 Å². The van der Waals surface area contributed by atoms with Gasteiger partial charge in [-0.1, -0.05) is 25.7 Å². The second-order valence-electron chi connectivity index (χ2n) is 7.59. The van der Waals surface area contributed by atoms with Crippen molar-refractivity contribution in [3.8, 4) is 0 Å². The predicted molar refractivity (Wildman–Crippen MR) is 110 cm³/mol. The molecule has 1 saturated heterocycles. The minimum absolute atomic E-state index is 0.0514. The number of amides is 1. The van der Waals surface area contributed by atoms with E-state index in [1.165, 1.54) is 25.7 Å². The van der Waals surface area contributed by atoms with E-state index >= 15 is 0 Å². The van der Waals surface area contributed by atoms with Gasteiger partial charge in [0, 0.05) is 44.6 Å². The quantitative estimate of drug-likeness (QED) is 0.822. The maximum Gasteiger partial charge on any atom is 0.270 e. The summed E-state index contributed by atoms with van der Waals surface area (Å²) in [5.74, 6) is 0.732. The number of hydrogen-bond acceptors (Lipinski definition) is 6. The third kappa shape index (κ3) is 4.58. The summed E-state index contributed by atoms with van der Waals surface area (Å²) in [6, 6.07) is 5.97. The second-order valence-corrected chi connectivity index (χ2v) is 7.59. The highest BCUT2D eigenvalue weighted by Gasteiger charge is 2.20. The van der Waals surface area contributed by atoms with Crippen molar-refractivity contribution < 1.29 is 4.79 Å². The summed E-state index contributed by atoms with van der Waals surface area (Å²) >= 11 is 0. The van der Waals surface area contributed by atoms with Gasteiger partial charge in [0.2, 0.25) is 5.95 Å². The molecule has 0 atom stereocenters. The molecule has 7 nitrogen and oxygen atoms in total. The maximum absolute atomic E-state index is 12.5. The van der Waals surface area contributed by atoms with Crippen molar-refractivity contribution in [1.82, 2.24) is 20.3 Å². The molecule has 3 heterocycles. The molecule has 0 bridgehead atoms. The third-order valence-electron chi connectivity index (χ3n) is 5.65. The minimum atomic E-state index is -0.0514. The summed E-state index contributed by atoms with van der Waals surface area (Å²) < 4.78 is 0. The molecule has 0 aromatic carbocycles. The molecule has 4 rings (SSSR count). The zero-order valence-corrected chi connectivity index (χ0v) is 16.3. The number of carbonyl (C=O) groups is 1. The number of pyridine rings is 1. The fourth-order valence-electron chi connectivity index (χ4n) is 4.01. The van der Waals surface area contributed by atoms with Crippen molar-refractivity contribution in [2.75, 3.05) is 36.0 Å². The van der Waals surface area contributed by atoms with Crippen molar-refractivity contribution in [3.63, 3.8) is 0 Å². The number of carbonyl (C=O) groups excluding carboxylic acids is 1. The number of piperazine rings is 1. The first kappa shape index (κ1) is 18.7. The molecule has 2 fully saturated rings. The molecular formula is C21H28N6O. The Balaban J connectivity index is 1.31. The van der Waals surface area contributed by atoms with Gasteiger partial charge in [0.1, 0.15) is 5.69 Å². The average molecular weight is 380 g/mol. The first-order valence-electron chi connectivity index (χ1n) is 10.3. The molecule has 28 heavy (non-hydrogen) atoms. The zero-order chi connectivity index (χ0) is 19.2. The van der Waals surface area contributed by atoms with Gasteiger partial charge < -0.3 is 15.1 Å². The van der Waals surface area contributed by atoms with Crippen LogP contribution in [0.3, 0.4) is 0 Å². The number of rotatable bonds is 4. The SMILES string of the molecule is O=C(NC1CCCCCC1)c1ccc(N2CCN(c3ncccn3)CC2)cn1. The standard InChI is InChI=1S/C21H28N6O/c28-20(25-17-6-3-1-2-4-7-17)19-9-8-18(16-24-19)26-12-14-27(15-13-26)21-22-10-5-11-23-21/h5,8-11,16-17H,1-4,6-7,12-15H2,(H,25,28). The highest BCUT2D eigenvalue weighted by Crippen LogP contribution is 2.19. The van der Waals surface area contributed by atoms with Crippen LogP contribution in [0, 0.1) is 0 Å². The Bertz CT molecular complexity index is 750. The maximum atomic E-state index is 12.5. The first-order valence-corrected chi connectivity index (χ1v) is 10.3. The van der Waals surface area contributed by atoms with E-state index in [9.17, 15) is 4.79 Å². The summed E-state index contributed by atoms with van der Waals surface area (Å²) in [5, 5.41) is 3.16. The summed E-state index contributed by atoms with van der Waals surface area (Å²) in [5.41, 5.74) is 1.56. The molecule has 1 N–H and O–H groups in total. The van der Waals surface area contributed by atoms with Gasteiger partial charge in [-0.25, -0.2) is 15.0 Å². The smallest absolute Gasteiger partial charge is 0.270 e. The summed E-state index contributed by atoms with van der Waals surface area (Å²) in [4.78, 5) is 30.1. The molecule has 0 radical (unpaired) electrons. The van der Waals surface area contributed by atoms with Crippen LogP contribution in [-0.2, 0) is 0 Å². The van der Waals surface area contributed by atoms with Gasteiger partial charge in [-0.2, -0.15) is 0 Å². The largest absolute Gasteiger partial charge is 0.367 e. The number of nitrogens with zero attached hydrogens (tertiary/aromatic N) is 5. The first-order chi connectivity index (χ1) is 13.8. The Morgan fingerprint density at radius 3 is 2.21 bits per heavy atom. The fourth-order valence-corrected chi connectivity index (χ4v) is 4.01. The Morgan fingerprint density at radius 2 is 1.57 bits per heavy atom. The van der Waals surface area contributed by atoms with E-state index in [2.05, 4.69) is 30.1 Å². The van der Waals surface area contributed by atoms with Gasteiger partial charge in [-0.3, -0.25) is 4.79 Å². The molecule has 2 aromatic rings. The molecule has 1 amide bonds. The van der Waals surface area contributed by atoms with Crippen molar-refractivity contribution in [3.05, 3.63) is 42.5 Å². The van der Waals surface area contributed by atoms with E-state index in [1.54, 1.807) is 12.4 Å². The highest BCUT2D eigenvalue weighted by molar-refractivity contribution is 5.92. The summed E-state index contributed by atoms with van der Waals surface area (Å²) in [7, 11) is 0. The molecule has 7 heteroatoms. The summed E-state index contributed by atoms with van der Waals surface area (Å²) in [6.07, 6.45) is 12.5. The fraction of sp³-hybridized carbons (Fsp3) is 0.524. The topological polar surface area (TPSA) is 74.2 Å². The van der Waals surface area contributed by atoms with Crippen LogP contribution in [0.25, 0.3) is 0 Å². The van der Waals surface area contributed by atoms with Gasteiger partial charge >= 0.3 is 0 Å². The van der Waals surface area contributed by atoms with Crippen LogP contribution in [0.5, 0.6) is 0 Å². The lowest BCUT2D eigenvalue weighted by Crippen LogP contribution is -2.47. The lowest BCUT2D eigenvalue weighted by molar-refractivity contribution is 0.0928. The molecule has 0 unspecified atom stereocenters. The molecular weight excluding hydrogens is 352 g/mol. The monoisotopic (exact) mass is 380 g/mol. The molecule has 1 saturated carbocycles. The van der Waals surface area contributed by atoms with Crippen molar-refractivity contribution in [2.45, 2.75) is 44.6 Å². The van der Waals surface area contributed by atoms with E-state index in [-0.39, 0.29) is 5.91 Å². The number of hydrogen-bond donors (Lipinski definition) is 1. The van der Waals surface area contributed by atoms with Crippen LogP contribution in [0.2, 0.25) is 0 Å². The number of anilines is 2. The molecule has 2 aromatic heterocycles. The lowest BCUT2D eigenvalue weighted by atomic mass is 10.1. The van der Waals surface area contributed by atoms with Crippen LogP contribution < -0.4 is 15.1 Å². The Kier molecular flexibility index (Phi) is 5.99. The zero-order valence-electron chi connectivity index (χ0n) is 16.3. The van der Waals surface area contributed by atoms with Crippen LogP contribution in [0.15, 0.2) is 36.8 Å². The van der Waals surface area contributed by atoms with E-state index < -0.39 is 0 Å². The van der Waals surface area contributed by atoms with Crippen LogP contribution in [0.1, 0.15) is 49.0 Å². The van der Waals surface area contributed by atoms with Crippen LogP contribution >= 0.6 is 0 Å². The normalized spacial score (nSPS) is 18.6. The van der Waals surface area contributed by atoms with Gasteiger partial charge in [0.05, 0.1) is 11.9 Å². The van der Waals surface area contributed by atoms with Crippen molar-refractivity contribution in [1.29, 1.82) is 0 Å². The van der Waals surface area contributed by atoms with Crippen molar-refractivity contribution in [2.24, 2.45) is 0 Å². The minimum Gasteiger partial charge on any atom is -0.367 e. The average Bonchev–Trinajstić information content (AvgIpc) is 3.03. The van der Waals surface area contributed by atoms with Gasteiger partial charge in [0.15, 0.2) is 0 Å². The molecule has 1 aliphatic heterocycles. The van der Waals surface area contributed by atoms with Crippen molar-refractivity contribution >= 4 is 17.5 Å². The van der Waals surface area contributed by atoms with Crippen LogP contribution in [-0.4, -0.2) is 53.1 Å². The molecule has 0 spiro atoms. The van der Waals surface area contributed by atoms with E-state index in [4.69, 9.17) is 0 Å². The van der Waals surface area contributed by atoms with Gasteiger partial charge in [-0.15, -0.1) is 0 Å². The van der Waals surface area contributed by atoms with Crippen LogP contribution in [0.4, 0.5) is 11.6 Å². The second kappa shape index (κ2) is 8.99. The predicted octanol–water partition coefficient (Wildman–Crippen LogP) is 2.65. The molecule has 1 aliphatic carbocycles. The number of nitrogens with one attached hydrogen (secondary N) is 1. The Hall–Kier alpha value is -2.70. The van der Waals surface area contributed by atoms with E-state index in [0.717, 1.165) is 50.7 Å². The molecule has 148 valence electrons. The summed E-state index contributed by atoms with van der Waals surface area (Å²) in [6.45, 7) is 3.50. The Labute approximate surface area is 166 Å². The van der Waals surface area contributed by atoms with Gasteiger partial charge in [-0.05, 0) is 31.0 Å². The van der Waals surface area contributed by atoms with E-state index in [0.29, 0.717) is 11.7 Å². The highest BCUT2D eigenvalue weighted by atomic mass is 16.1. The molecule has 2 aliphatic rings. The number of aromatic nitrogens is 3. The third-order valence-corrected chi connectivity index (χ3v) is 5.65. The Morgan fingerprint density at radius 1 is 0.893 bits per heavy atom. The lowest BCUT2D eigenvalue weighted by Gasteiger charge is -2.35. The van der Waals surface area contributed by atoms with E-state index in [1.807, 2.05) is 24.4 Å².